The van der Waals surface area contributed by atoms with E-state index in [4.69, 9.17) is 4.74 Å². The summed E-state index contributed by atoms with van der Waals surface area (Å²) in [7, 11) is -2.55. The Kier molecular flexibility index (Phi) is 10.2. The summed E-state index contributed by atoms with van der Waals surface area (Å²) in [6, 6.07) is 21.5. The highest BCUT2D eigenvalue weighted by Gasteiger charge is 2.33. The standard InChI is InChI=1S/C32H41N3O5S/c1-23(2)26-16-18-27(19-17-26)35(41(38,39)29-14-9-8-10-15-29)22-30(36)34(24(3)31(37)33-32(4,5)6)21-25-12-11-13-28(20-25)40-7/h8-20,23-24H,21-22H2,1-7H3,(H,33,37). The molecule has 1 unspecified atom stereocenters. The number of carbonyl (C=O) groups excluding carboxylic acids is 2. The molecular formula is C32H41N3O5S. The number of ether oxygens (including phenoxy) is 1. The Balaban J connectivity index is 2.05. The molecule has 0 aromatic heterocycles. The van der Waals surface area contributed by atoms with Gasteiger partial charge in [-0.05, 0) is 81.1 Å². The highest BCUT2D eigenvalue weighted by Crippen LogP contribution is 2.27. The van der Waals surface area contributed by atoms with E-state index in [0.29, 0.717) is 11.4 Å². The van der Waals surface area contributed by atoms with Crippen LogP contribution < -0.4 is 14.4 Å². The molecule has 1 N–H and O–H groups in total. The minimum Gasteiger partial charge on any atom is -0.497 e. The minimum atomic E-state index is -4.11. The largest absolute Gasteiger partial charge is 0.497 e. The van der Waals surface area contributed by atoms with Crippen LogP contribution in [-0.2, 0) is 26.2 Å². The van der Waals surface area contributed by atoms with Crippen molar-refractivity contribution in [2.75, 3.05) is 18.0 Å². The maximum Gasteiger partial charge on any atom is 0.264 e. The zero-order chi connectivity index (χ0) is 30.4. The number of nitrogens with one attached hydrogen (secondary N) is 1. The van der Waals surface area contributed by atoms with Gasteiger partial charge in [0.05, 0.1) is 17.7 Å². The number of rotatable bonds is 11. The molecule has 0 aliphatic heterocycles. The van der Waals surface area contributed by atoms with Crippen LogP contribution in [0.3, 0.4) is 0 Å². The van der Waals surface area contributed by atoms with E-state index >= 15 is 0 Å². The maximum absolute atomic E-state index is 14.1. The molecule has 0 heterocycles. The van der Waals surface area contributed by atoms with Crippen molar-refractivity contribution in [2.45, 2.75) is 70.5 Å². The summed E-state index contributed by atoms with van der Waals surface area (Å²) in [6.07, 6.45) is 0. The number of methoxy groups -OCH3 is 1. The molecule has 220 valence electrons. The summed E-state index contributed by atoms with van der Waals surface area (Å²) in [5, 5.41) is 2.93. The van der Waals surface area contributed by atoms with E-state index in [1.807, 2.05) is 39.0 Å². The van der Waals surface area contributed by atoms with Crippen LogP contribution in [0.1, 0.15) is 58.6 Å². The van der Waals surface area contributed by atoms with Gasteiger partial charge in [-0.25, -0.2) is 8.42 Å². The van der Waals surface area contributed by atoms with Gasteiger partial charge in [0.15, 0.2) is 0 Å². The summed E-state index contributed by atoms with van der Waals surface area (Å²) < 4.78 is 34.3. The van der Waals surface area contributed by atoms with Crippen LogP contribution in [0.4, 0.5) is 5.69 Å². The van der Waals surface area contributed by atoms with E-state index in [1.165, 1.54) is 17.0 Å². The van der Waals surface area contributed by atoms with Crippen LogP contribution in [0.2, 0.25) is 0 Å². The second-order valence-electron chi connectivity index (χ2n) is 11.4. The van der Waals surface area contributed by atoms with Crippen LogP contribution in [0, 0.1) is 0 Å². The topological polar surface area (TPSA) is 96.0 Å². The van der Waals surface area contributed by atoms with Gasteiger partial charge in [0.2, 0.25) is 11.8 Å². The second kappa shape index (κ2) is 13.2. The van der Waals surface area contributed by atoms with Gasteiger partial charge < -0.3 is 15.0 Å². The number of hydrogen-bond donors (Lipinski definition) is 1. The number of carbonyl (C=O) groups is 2. The molecule has 1 atom stereocenters. The summed E-state index contributed by atoms with van der Waals surface area (Å²) >= 11 is 0. The first-order valence-corrected chi connectivity index (χ1v) is 15.1. The fraction of sp³-hybridized carbons (Fsp3) is 0.375. The molecule has 0 aliphatic rings. The SMILES string of the molecule is COc1cccc(CN(C(=O)CN(c2ccc(C(C)C)cc2)S(=O)(=O)c2ccccc2)C(C)C(=O)NC(C)(C)C)c1. The van der Waals surface area contributed by atoms with Crippen molar-refractivity contribution in [3.8, 4) is 5.75 Å². The van der Waals surface area contributed by atoms with E-state index in [1.54, 1.807) is 62.6 Å². The number of amides is 2. The molecule has 0 aliphatic carbocycles. The lowest BCUT2D eigenvalue weighted by atomic mass is 10.0. The lowest BCUT2D eigenvalue weighted by Crippen LogP contribution is -2.54. The predicted octanol–water partition coefficient (Wildman–Crippen LogP) is 5.35. The molecule has 0 spiro atoms. The van der Waals surface area contributed by atoms with Crippen LogP contribution in [0.25, 0.3) is 0 Å². The molecule has 3 aromatic rings. The molecule has 41 heavy (non-hydrogen) atoms. The smallest absolute Gasteiger partial charge is 0.264 e. The lowest BCUT2D eigenvalue weighted by molar-refractivity contribution is -0.140. The van der Waals surface area contributed by atoms with E-state index in [9.17, 15) is 18.0 Å². The van der Waals surface area contributed by atoms with Crippen molar-refractivity contribution in [1.29, 1.82) is 0 Å². The lowest BCUT2D eigenvalue weighted by Gasteiger charge is -2.33. The van der Waals surface area contributed by atoms with Crippen LogP contribution in [0.5, 0.6) is 5.75 Å². The number of hydrogen-bond acceptors (Lipinski definition) is 5. The monoisotopic (exact) mass is 579 g/mol. The highest BCUT2D eigenvalue weighted by atomic mass is 32.2. The minimum absolute atomic E-state index is 0.0682. The number of sulfonamides is 1. The molecule has 0 saturated heterocycles. The Morgan fingerprint density at radius 3 is 2.10 bits per heavy atom. The molecule has 0 saturated carbocycles. The molecular weight excluding hydrogens is 538 g/mol. The zero-order valence-corrected chi connectivity index (χ0v) is 25.7. The van der Waals surface area contributed by atoms with E-state index in [0.717, 1.165) is 15.4 Å². The summed E-state index contributed by atoms with van der Waals surface area (Å²) in [5.74, 6) is 0.00920. The molecule has 3 aromatic carbocycles. The van der Waals surface area contributed by atoms with Crippen LogP contribution in [0.15, 0.2) is 83.8 Å². The normalized spacial score (nSPS) is 12.5. The first-order chi connectivity index (χ1) is 19.2. The first kappa shape index (κ1) is 31.7. The van der Waals surface area contributed by atoms with Crippen molar-refractivity contribution in [2.24, 2.45) is 0 Å². The maximum atomic E-state index is 14.1. The van der Waals surface area contributed by atoms with Crippen LogP contribution in [-0.4, -0.2) is 50.4 Å². The Morgan fingerprint density at radius 1 is 0.902 bits per heavy atom. The third-order valence-electron chi connectivity index (χ3n) is 6.61. The van der Waals surface area contributed by atoms with E-state index in [-0.39, 0.29) is 23.3 Å². The predicted molar refractivity (Wildman–Crippen MR) is 162 cm³/mol. The quantitative estimate of drug-likeness (QED) is 0.331. The zero-order valence-electron chi connectivity index (χ0n) is 24.9. The van der Waals surface area contributed by atoms with E-state index in [2.05, 4.69) is 19.2 Å². The van der Waals surface area contributed by atoms with E-state index < -0.39 is 34.1 Å². The molecule has 2 amide bonds. The van der Waals surface area contributed by atoms with Crippen LogP contribution >= 0.6 is 0 Å². The van der Waals surface area contributed by atoms with Gasteiger partial charge in [-0.3, -0.25) is 13.9 Å². The highest BCUT2D eigenvalue weighted by molar-refractivity contribution is 7.92. The number of benzene rings is 3. The molecule has 9 heteroatoms. The molecule has 0 fully saturated rings. The Morgan fingerprint density at radius 2 is 1.54 bits per heavy atom. The first-order valence-electron chi connectivity index (χ1n) is 13.6. The number of anilines is 1. The number of nitrogens with zero attached hydrogens (tertiary/aromatic N) is 2. The Hall–Kier alpha value is -3.85. The van der Waals surface area contributed by atoms with Gasteiger partial charge in [-0.2, -0.15) is 0 Å². The molecule has 8 nitrogen and oxygen atoms in total. The summed E-state index contributed by atoms with van der Waals surface area (Å²) in [4.78, 5) is 28.8. The van der Waals surface area contributed by atoms with Gasteiger partial charge in [0.1, 0.15) is 18.3 Å². The third kappa shape index (κ3) is 8.33. The van der Waals surface area contributed by atoms with Gasteiger partial charge in [0, 0.05) is 12.1 Å². The van der Waals surface area contributed by atoms with Gasteiger partial charge in [0.25, 0.3) is 10.0 Å². The van der Waals surface area contributed by atoms with Gasteiger partial charge >= 0.3 is 0 Å². The molecule has 0 bridgehead atoms. The van der Waals surface area contributed by atoms with Crippen molar-refractivity contribution in [3.63, 3.8) is 0 Å². The average Bonchev–Trinajstić information content (AvgIpc) is 2.93. The Bertz CT molecular complexity index is 1430. The van der Waals surface area contributed by atoms with Gasteiger partial charge in [-0.15, -0.1) is 0 Å². The van der Waals surface area contributed by atoms with Gasteiger partial charge in [-0.1, -0.05) is 56.3 Å². The van der Waals surface area contributed by atoms with Crippen molar-refractivity contribution in [3.05, 3.63) is 90.0 Å². The van der Waals surface area contributed by atoms with Crippen molar-refractivity contribution < 1.29 is 22.7 Å². The van der Waals surface area contributed by atoms with Crippen molar-refractivity contribution in [1.82, 2.24) is 10.2 Å². The fourth-order valence-corrected chi connectivity index (χ4v) is 5.73. The summed E-state index contributed by atoms with van der Waals surface area (Å²) in [6.45, 7) is 10.9. The second-order valence-corrected chi connectivity index (χ2v) is 13.2. The Labute approximate surface area is 244 Å². The third-order valence-corrected chi connectivity index (χ3v) is 8.40. The molecule has 3 rings (SSSR count). The van der Waals surface area contributed by atoms with Crippen molar-refractivity contribution >= 4 is 27.5 Å². The average molecular weight is 580 g/mol. The summed E-state index contributed by atoms with van der Waals surface area (Å²) in [5.41, 5.74) is 1.63. The fourth-order valence-electron chi connectivity index (χ4n) is 4.30. The molecule has 0 radical (unpaired) electrons.